The Morgan fingerprint density at radius 3 is 2.19 bits per heavy atom. The highest BCUT2D eigenvalue weighted by atomic mass is 16.4. The predicted molar refractivity (Wildman–Crippen MR) is 208 cm³/mol. The van der Waals surface area contributed by atoms with Gasteiger partial charge >= 0.3 is 5.97 Å². The maximum Gasteiger partial charge on any atom is 0.335 e. The van der Waals surface area contributed by atoms with Crippen molar-refractivity contribution in [3.63, 3.8) is 0 Å². The maximum absolute atomic E-state index is 13.1. The van der Waals surface area contributed by atoms with E-state index in [0.717, 1.165) is 30.6 Å². The van der Waals surface area contributed by atoms with Crippen molar-refractivity contribution in [3.05, 3.63) is 82.9 Å². The number of aliphatic hydroxyl groups excluding tert-OH is 1. The molecule has 6 heteroatoms. The number of aliphatic hydroxyl groups is 1. The van der Waals surface area contributed by atoms with Crippen LogP contribution in [0.25, 0.3) is 0 Å². The van der Waals surface area contributed by atoms with Crippen molar-refractivity contribution in [3.8, 4) is 0 Å². The van der Waals surface area contributed by atoms with Gasteiger partial charge in [0, 0.05) is 25.2 Å². The van der Waals surface area contributed by atoms with Crippen LogP contribution < -0.4 is 10.6 Å². The number of aromatic carboxylic acids is 1. The molecule has 4 N–H and O–H groups in total. The SMILES string of the molecule is C=C(C)[C@@H]1CC[C@]2(CNCc3cccc(C(=O)NCc4cccc(C(=O)O)c4)c3)CC[C@]3(C)C(CCC4[C@@]5(C)CC[C@H](O)C(C)(C)C5CC[C@]43C)C12. The minimum absolute atomic E-state index is 0.0185. The lowest BCUT2D eigenvalue weighted by Gasteiger charge is -2.73. The van der Waals surface area contributed by atoms with E-state index in [1.54, 1.807) is 18.2 Å². The van der Waals surface area contributed by atoms with Gasteiger partial charge in [-0.3, -0.25) is 4.79 Å². The topological polar surface area (TPSA) is 98.7 Å². The molecule has 0 radical (unpaired) electrons. The molecule has 5 aliphatic rings. The van der Waals surface area contributed by atoms with Gasteiger partial charge in [-0.25, -0.2) is 4.79 Å². The standard InChI is InChI=1S/C46H64N2O4/c1-29(2)34-16-21-46(28-47-26-30-10-8-12-32(24-30)40(50)48-27-31-11-9-13-33(25-31)41(51)52)23-22-44(6)35(39(34)46)14-15-37-43(5)19-18-38(49)42(3,4)36(43)17-20-45(37,44)7/h8-13,24-25,34-39,47,49H,1,14-23,26-28H2,2-7H3,(H,48,50)(H,51,52)/t34-,35?,36?,37?,38-,39?,43-,44+,45+,46+/m0/s1. The van der Waals surface area contributed by atoms with Crippen molar-refractivity contribution in [2.75, 3.05) is 6.54 Å². The number of benzene rings is 2. The van der Waals surface area contributed by atoms with Gasteiger partial charge < -0.3 is 20.8 Å². The number of amides is 1. The third kappa shape index (κ3) is 5.90. The van der Waals surface area contributed by atoms with Crippen LogP contribution in [0.15, 0.2) is 60.7 Å². The van der Waals surface area contributed by atoms with E-state index in [1.807, 2.05) is 24.3 Å². The molecule has 0 heterocycles. The van der Waals surface area contributed by atoms with E-state index in [-0.39, 0.29) is 34.9 Å². The molecular formula is C46H64N2O4. The summed E-state index contributed by atoms with van der Waals surface area (Å²) in [5.41, 5.74) is 5.20. The second-order valence-corrected chi connectivity index (χ2v) is 19.4. The number of hydrogen-bond donors (Lipinski definition) is 4. The first-order valence-electron chi connectivity index (χ1n) is 20.3. The predicted octanol–water partition coefficient (Wildman–Crippen LogP) is 9.42. The van der Waals surface area contributed by atoms with Crippen molar-refractivity contribution in [1.82, 2.24) is 10.6 Å². The maximum atomic E-state index is 13.1. The Labute approximate surface area is 312 Å². The van der Waals surface area contributed by atoms with Crippen LogP contribution in [0, 0.1) is 56.7 Å². The number of allylic oxidation sites excluding steroid dienone is 1. The summed E-state index contributed by atoms with van der Waals surface area (Å²) in [5.74, 6) is 2.07. The lowest BCUT2D eigenvalue weighted by molar-refractivity contribution is -0.247. The van der Waals surface area contributed by atoms with Crippen molar-refractivity contribution in [1.29, 1.82) is 0 Å². The fraction of sp³-hybridized carbons (Fsp3) is 0.652. The van der Waals surface area contributed by atoms with Gasteiger partial charge in [-0.15, -0.1) is 0 Å². The number of carboxylic acid groups (broad SMARTS) is 1. The largest absolute Gasteiger partial charge is 0.478 e. The van der Waals surface area contributed by atoms with Gasteiger partial charge in [0.15, 0.2) is 0 Å². The lowest BCUT2D eigenvalue weighted by Crippen LogP contribution is -2.67. The summed E-state index contributed by atoms with van der Waals surface area (Å²) in [6.07, 6.45) is 12.1. The summed E-state index contributed by atoms with van der Waals surface area (Å²) in [5, 5.41) is 27.3. The summed E-state index contributed by atoms with van der Waals surface area (Å²) in [4.78, 5) is 24.5. The number of carbonyl (C=O) groups is 2. The molecule has 0 saturated heterocycles. The van der Waals surface area contributed by atoms with Crippen LogP contribution in [0.1, 0.15) is 138 Å². The molecular weight excluding hydrogens is 645 g/mol. The summed E-state index contributed by atoms with van der Waals surface area (Å²) in [6, 6.07) is 14.6. The normalized spacial score (nSPS) is 39.0. The average molecular weight is 709 g/mol. The number of nitrogens with one attached hydrogen (secondary N) is 2. The molecule has 2 aromatic carbocycles. The van der Waals surface area contributed by atoms with Crippen molar-refractivity contribution in [2.45, 2.75) is 125 Å². The van der Waals surface area contributed by atoms with E-state index < -0.39 is 5.97 Å². The fourth-order valence-electron chi connectivity index (χ4n) is 14.0. The molecule has 0 spiro atoms. The van der Waals surface area contributed by atoms with Gasteiger partial charge in [-0.1, -0.05) is 71.0 Å². The van der Waals surface area contributed by atoms with Crippen LogP contribution >= 0.6 is 0 Å². The Morgan fingerprint density at radius 2 is 1.48 bits per heavy atom. The molecule has 4 unspecified atom stereocenters. The van der Waals surface area contributed by atoms with E-state index in [9.17, 15) is 19.8 Å². The molecule has 5 saturated carbocycles. The monoisotopic (exact) mass is 708 g/mol. The van der Waals surface area contributed by atoms with E-state index in [2.05, 4.69) is 64.8 Å². The molecule has 7 rings (SSSR count). The third-order valence-electron chi connectivity index (χ3n) is 16.8. The molecule has 6 nitrogen and oxygen atoms in total. The van der Waals surface area contributed by atoms with Crippen LogP contribution in [0.2, 0.25) is 0 Å². The number of hydrogen-bond acceptors (Lipinski definition) is 4. The Kier molecular flexibility index (Phi) is 9.63. The minimum atomic E-state index is -0.974. The Hall–Kier alpha value is -2.96. The Bertz CT molecular complexity index is 1720. The first-order valence-corrected chi connectivity index (χ1v) is 20.3. The van der Waals surface area contributed by atoms with Crippen LogP contribution in [0.4, 0.5) is 0 Å². The quantitative estimate of drug-likeness (QED) is 0.195. The first-order chi connectivity index (χ1) is 24.6. The van der Waals surface area contributed by atoms with E-state index in [4.69, 9.17) is 0 Å². The van der Waals surface area contributed by atoms with E-state index in [1.165, 1.54) is 63.4 Å². The molecule has 0 aliphatic heterocycles. The first kappa shape index (κ1) is 37.4. The molecule has 0 aromatic heterocycles. The zero-order valence-corrected chi connectivity index (χ0v) is 32.7. The van der Waals surface area contributed by atoms with Crippen molar-refractivity contribution < 1.29 is 19.8 Å². The van der Waals surface area contributed by atoms with Gasteiger partial charge in [0.1, 0.15) is 0 Å². The summed E-state index contributed by atoms with van der Waals surface area (Å²) in [7, 11) is 0. The van der Waals surface area contributed by atoms with E-state index >= 15 is 0 Å². The minimum Gasteiger partial charge on any atom is -0.478 e. The van der Waals surface area contributed by atoms with Gasteiger partial charge in [-0.2, -0.15) is 0 Å². The number of carboxylic acids is 1. The van der Waals surface area contributed by atoms with Crippen molar-refractivity contribution >= 4 is 11.9 Å². The molecule has 2 aromatic rings. The number of rotatable bonds is 9. The second-order valence-electron chi connectivity index (χ2n) is 19.4. The molecule has 5 aliphatic carbocycles. The lowest BCUT2D eigenvalue weighted by atomic mass is 9.32. The molecule has 52 heavy (non-hydrogen) atoms. The van der Waals surface area contributed by atoms with E-state index in [0.29, 0.717) is 51.4 Å². The highest BCUT2D eigenvalue weighted by Crippen LogP contribution is 2.77. The van der Waals surface area contributed by atoms with Crippen LogP contribution in [0.5, 0.6) is 0 Å². The second kappa shape index (κ2) is 13.4. The Balaban J connectivity index is 1.06. The fourth-order valence-corrected chi connectivity index (χ4v) is 14.0. The van der Waals surface area contributed by atoms with Crippen molar-refractivity contribution in [2.24, 2.45) is 56.7 Å². The third-order valence-corrected chi connectivity index (χ3v) is 16.8. The average Bonchev–Trinajstić information content (AvgIpc) is 3.49. The molecule has 282 valence electrons. The highest BCUT2D eigenvalue weighted by Gasteiger charge is 2.70. The van der Waals surface area contributed by atoms with Gasteiger partial charge in [0.05, 0.1) is 11.7 Å². The Morgan fingerprint density at radius 1 is 0.788 bits per heavy atom. The zero-order valence-electron chi connectivity index (χ0n) is 32.7. The molecule has 5 fully saturated rings. The van der Waals surface area contributed by atoms with Gasteiger partial charge in [0.2, 0.25) is 0 Å². The summed E-state index contributed by atoms with van der Waals surface area (Å²) in [6.45, 7) is 21.6. The number of carbonyl (C=O) groups excluding carboxylic acids is 1. The summed E-state index contributed by atoms with van der Waals surface area (Å²) < 4.78 is 0. The van der Waals surface area contributed by atoms with Crippen LogP contribution in [-0.4, -0.2) is 34.7 Å². The number of fused-ring (bicyclic) bond motifs is 7. The summed E-state index contributed by atoms with van der Waals surface area (Å²) >= 11 is 0. The molecule has 0 bridgehead atoms. The zero-order chi connectivity index (χ0) is 37.3. The highest BCUT2D eigenvalue weighted by molar-refractivity contribution is 5.94. The molecule has 1 amide bonds. The smallest absolute Gasteiger partial charge is 0.335 e. The van der Waals surface area contributed by atoms with Crippen LogP contribution in [-0.2, 0) is 13.1 Å². The van der Waals surface area contributed by atoms with Gasteiger partial charge in [0.25, 0.3) is 5.91 Å². The van der Waals surface area contributed by atoms with Gasteiger partial charge in [-0.05, 0) is 163 Å². The van der Waals surface area contributed by atoms with Crippen LogP contribution in [0.3, 0.4) is 0 Å². The molecule has 10 atom stereocenters.